The smallest absolute Gasteiger partial charge is 0.261 e. The van der Waals surface area contributed by atoms with Gasteiger partial charge in [-0.3, -0.25) is 14.5 Å². The fourth-order valence-corrected chi connectivity index (χ4v) is 3.19. The first kappa shape index (κ1) is 14.6. The first-order chi connectivity index (χ1) is 11.6. The van der Waals surface area contributed by atoms with Crippen molar-refractivity contribution < 1.29 is 14.3 Å². The van der Waals surface area contributed by atoms with Gasteiger partial charge in [-0.2, -0.15) is 0 Å². The van der Waals surface area contributed by atoms with Crippen LogP contribution in [0.5, 0.6) is 5.75 Å². The molecule has 4 rings (SSSR count). The number of ether oxygens (including phenoxy) is 1. The second kappa shape index (κ2) is 5.56. The van der Waals surface area contributed by atoms with Crippen molar-refractivity contribution in [2.24, 2.45) is 0 Å². The van der Waals surface area contributed by atoms with Crippen molar-refractivity contribution in [3.05, 3.63) is 53.6 Å². The number of nitrogen functional groups attached to an aromatic ring is 1. The number of hydrogen-bond acceptors (Lipinski definition) is 5. The molecule has 0 spiro atoms. The van der Waals surface area contributed by atoms with Gasteiger partial charge in [-0.05, 0) is 30.3 Å². The van der Waals surface area contributed by atoms with Crippen LogP contribution in [0.1, 0.15) is 20.7 Å². The molecule has 2 aromatic carbocycles. The fraction of sp³-hybridized carbons (Fsp3) is 0.222. The number of hydrogen-bond donors (Lipinski definition) is 1. The lowest BCUT2D eigenvalue weighted by molar-refractivity contribution is 0.0658. The molecule has 0 saturated carbocycles. The van der Waals surface area contributed by atoms with Crippen LogP contribution in [0.3, 0.4) is 0 Å². The van der Waals surface area contributed by atoms with Crippen molar-refractivity contribution >= 4 is 23.2 Å². The van der Waals surface area contributed by atoms with E-state index >= 15 is 0 Å². The molecule has 2 amide bonds. The summed E-state index contributed by atoms with van der Waals surface area (Å²) in [5.41, 5.74) is 8.38. The van der Waals surface area contributed by atoms with Gasteiger partial charge in [0.25, 0.3) is 11.8 Å². The van der Waals surface area contributed by atoms with E-state index < -0.39 is 0 Å². The molecular formula is C18H17N3O3. The third kappa shape index (κ3) is 2.27. The summed E-state index contributed by atoms with van der Waals surface area (Å²) in [6.07, 6.45) is 0. The van der Waals surface area contributed by atoms with Crippen molar-refractivity contribution in [3.8, 4) is 5.75 Å². The maximum Gasteiger partial charge on any atom is 0.261 e. The number of carbonyl (C=O) groups is 2. The normalized spacial score (nSPS) is 16.0. The summed E-state index contributed by atoms with van der Waals surface area (Å²) in [6.45, 7) is 2.14. The molecule has 2 N–H and O–H groups in total. The summed E-state index contributed by atoms with van der Waals surface area (Å²) in [5.74, 6) is 0.325. The van der Waals surface area contributed by atoms with Gasteiger partial charge in [-0.25, -0.2) is 0 Å². The van der Waals surface area contributed by atoms with Gasteiger partial charge in [0.15, 0.2) is 0 Å². The van der Waals surface area contributed by atoms with Crippen molar-refractivity contribution in [1.82, 2.24) is 4.90 Å². The van der Waals surface area contributed by atoms with Crippen LogP contribution in [-0.4, -0.2) is 43.0 Å². The minimum Gasteiger partial charge on any atom is -0.490 e. The van der Waals surface area contributed by atoms with E-state index in [1.165, 1.54) is 4.90 Å². The number of carbonyl (C=O) groups excluding carboxylic acids is 2. The largest absolute Gasteiger partial charge is 0.490 e. The van der Waals surface area contributed by atoms with Gasteiger partial charge in [0.1, 0.15) is 12.4 Å². The lowest BCUT2D eigenvalue weighted by Crippen LogP contribution is -2.41. The summed E-state index contributed by atoms with van der Waals surface area (Å²) >= 11 is 0. The van der Waals surface area contributed by atoms with Gasteiger partial charge in [-0.1, -0.05) is 12.1 Å². The zero-order valence-corrected chi connectivity index (χ0v) is 13.1. The first-order valence-electron chi connectivity index (χ1n) is 7.87. The second-order valence-corrected chi connectivity index (χ2v) is 5.87. The maximum atomic E-state index is 12.4. The summed E-state index contributed by atoms with van der Waals surface area (Å²) in [7, 11) is 0. The molecule has 0 unspecified atom stereocenters. The Hall–Kier alpha value is -3.02. The highest BCUT2D eigenvalue weighted by Crippen LogP contribution is 2.33. The average molecular weight is 323 g/mol. The predicted octanol–water partition coefficient (Wildman–Crippen LogP) is 1.76. The second-order valence-electron chi connectivity index (χ2n) is 5.87. The van der Waals surface area contributed by atoms with Crippen LogP contribution in [0.25, 0.3) is 0 Å². The third-order valence-electron chi connectivity index (χ3n) is 4.41. The number of benzene rings is 2. The van der Waals surface area contributed by atoms with Crippen LogP contribution in [-0.2, 0) is 0 Å². The molecule has 2 aromatic rings. The Bertz CT molecular complexity index is 799. The Morgan fingerprint density at radius 1 is 1.00 bits per heavy atom. The van der Waals surface area contributed by atoms with Gasteiger partial charge in [-0.15, -0.1) is 0 Å². The summed E-state index contributed by atoms with van der Waals surface area (Å²) in [5, 5.41) is 0. The molecule has 6 nitrogen and oxygen atoms in total. The van der Waals surface area contributed by atoms with Crippen LogP contribution in [0.15, 0.2) is 42.5 Å². The SMILES string of the molecule is Nc1ccc2c(c1)N(CCN1C(=O)c3ccccc3C1=O)CCO2. The Balaban J connectivity index is 1.52. The molecule has 0 bridgehead atoms. The average Bonchev–Trinajstić information content (AvgIpc) is 2.84. The lowest BCUT2D eigenvalue weighted by atomic mass is 10.1. The summed E-state index contributed by atoms with van der Waals surface area (Å²) < 4.78 is 5.63. The van der Waals surface area contributed by atoms with Crippen molar-refractivity contribution in [2.75, 3.05) is 36.9 Å². The quantitative estimate of drug-likeness (QED) is 0.688. The number of nitrogens with zero attached hydrogens (tertiary/aromatic N) is 2. The standard InChI is InChI=1S/C18H17N3O3/c19-12-5-6-16-15(11-12)20(9-10-24-16)7-8-21-17(22)13-3-1-2-4-14(13)18(21)23/h1-6,11H,7-10,19H2. The fourth-order valence-electron chi connectivity index (χ4n) is 3.19. The molecule has 24 heavy (non-hydrogen) atoms. The number of anilines is 2. The van der Waals surface area contributed by atoms with Gasteiger partial charge in [0.05, 0.1) is 23.4 Å². The molecule has 2 aliphatic rings. The highest BCUT2D eigenvalue weighted by molar-refractivity contribution is 6.21. The van der Waals surface area contributed by atoms with Crippen LogP contribution in [0.4, 0.5) is 11.4 Å². The monoisotopic (exact) mass is 323 g/mol. The Morgan fingerprint density at radius 2 is 1.71 bits per heavy atom. The minimum absolute atomic E-state index is 0.225. The van der Waals surface area contributed by atoms with Gasteiger partial charge in [0, 0.05) is 18.8 Å². The lowest BCUT2D eigenvalue weighted by Gasteiger charge is -2.32. The number of amides is 2. The van der Waals surface area contributed by atoms with Crippen LogP contribution < -0.4 is 15.4 Å². The number of rotatable bonds is 3. The van der Waals surface area contributed by atoms with Crippen LogP contribution >= 0.6 is 0 Å². The molecule has 0 fully saturated rings. The molecular weight excluding hydrogens is 306 g/mol. The van der Waals surface area contributed by atoms with E-state index in [4.69, 9.17) is 10.5 Å². The van der Waals surface area contributed by atoms with E-state index in [0.29, 0.717) is 43.1 Å². The Morgan fingerprint density at radius 3 is 2.42 bits per heavy atom. The summed E-state index contributed by atoms with van der Waals surface area (Å²) in [4.78, 5) is 28.3. The molecule has 0 atom stereocenters. The molecule has 122 valence electrons. The molecule has 0 radical (unpaired) electrons. The van der Waals surface area contributed by atoms with E-state index in [9.17, 15) is 9.59 Å². The Labute approximate surface area is 139 Å². The molecule has 2 heterocycles. The summed E-state index contributed by atoms with van der Waals surface area (Å²) in [6, 6.07) is 12.4. The molecule has 2 aliphatic heterocycles. The van der Waals surface area contributed by atoms with Crippen molar-refractivity contribution in [3.63, 3.8) is 0 Å². The maximum absolute atomic E-state index is 12.4. The third-order valence-corrected chi connectivity index (χ3v) is 4.41. The van der Waals surface area contributed by atoms with E-state index in [2.05, 4.69) is 4.90 Å². The van der Waals surface area contributed by atoms with Crippen LogP contribution in [0, 0.1) is 0 Å². The van der Waals surface area contributed by atoms with Crippen molar-refractivity contribution in [2.45, 2.75) is 0 Å². The van der Waals surface area contributed by atoms with E-state index in [1.54, 1.807) is 30.3 Å². The van der Waals surface area contributed by atoms with Gasteiger partial charge in [0.2, 0.25) is 0 Å². The number of nitrogens with two attached hydrogens (primary N) is 1. The van der Waals surface area contributed by atoms with Gasteiger partial charge < -0.3 is 15.4 Å². The highest BCUT2D eigenvalue weighted by atomic mass is 16.5. The number of imide groups is 1. The molecule has 0 saturated heterocycles. The van der Waals surface area contributed by atoms with E-state index in [0.717, 1.165) is 11.4 Å². The minimum atomic E-state index is -0.225. The molecule has 0 aromatic heterocycles. The zero-order valence-electron chi connectivity index (χ0n) is 13.1. The van der Waals surface area contributed by atoms with Crippen molar-refractivity contribution in [1.29, 1.82) is 0 Å². The Kier molecular flexibility index (Phi) is 3.37. The highest BCUT2D eigenvalue weighted by Gasteiger charge is 2.35. The molecule has 0 aliphatic carbocycles. The predicted molar refractivity (Wildman–Crippen MR) is 90.4 cm³/mol. The topological polar surface area (TPSA) is 75.9 Å². The first-order valence-corrected chi connectivity index (χ1v) is 7.87. The van der Waals surface area contributed by atoms with Gasteiger partial charge >= 0.3 is 0 Å². The number of fused-ring (bicyclic) bond motifs is 2. The van der Waals surface area contributed by atoms with E-state index in [-0.39, 0.29) is 11.8 Å². The van der Waals surface area contributed by atoms with E-state index in [1.807, 2.05) is 12.1 Å². The molecule has 6 heteroatoms. The zero-order chi connectivity index (χ0) is 16.7. The van der Waals surface area contributed by atoms with Crippen LogP contribution in [0.2, 0.25) is 0 Å².